The molecule has 0 fully saturated rings. The maximum absolute atomic E-state index is 12.7. The minimum absolute atomic E-state index is 0.0801. The van der Waals surface area contributed by atoms with Crippen LogP contribution in [-0.2, 0) is 11.3 Å². The normalized spacial score (nSPS) is 11.5. The van der Waals surface area contributed by atoms with Crippen molar-refractivity contribution in [2.45, 2.75) is 54.0 Å². The van der Waals surface area contributed by atoms with Crippen molar-refractivity contribution in [3.63, 3.8) is 0 Å². The zero-order chi connectivity index (χ0) is 22.9. The van der Waals surface area contributed by atoms with Crippen LogP contribution in [-0.4, -0.2) is 24.4 Å². The van der Waals surface area contributed by atoms with Crippen LogP contribution in [0, 0.1) is 27.7 Å². The topological polar surface area (TPSA) is 62.6 Å². The number of nitrogens with zero attached hydrogens (tertiary/aromatic N) is 1. The van der Waals surface area contributed by atoms with Gasteiger partial charge in [0.15, 0.2) is 0 Å². The molecule has 5 heteroatoms. The summed E-state index contributed by atoms with van der Waals surface area (Å²) in [6.45, 7) is 13.1. The van der Waals surface area contributed by atoms with Gasteiger partial charge in [0.05, 0.1) is 6.54 Å². The van der Waals surface area contributed by atoms with E-state index in [-0.39, 0.29) is 18.1 Å². The van der Waals surface area contributed by atoms with Crippen molar-refractivity contribution in [3.8, 4) is 0 Å². The maximum Gasteiger partial charge on any atom is 0.336 e. The molecule has 0 aliphatic carbocycles. The molecule has 3 rings (SSSR count). The average Bonchev–Trinajstić information content (AvgIpc) is 2.63. The van der Waals surface area contributed by atoms with Crippen molar-refractivity contribution in [2.24, 2.45) is 0 Å². The van der Waals surface area contributed by atoms with E-state index in [2.05, 4.69) is 37.4 Å². The fourth-order valence-electron chi connectivity index (χ4n) is 4.29. The van der Waals surface area contributed by atoms with Crippen LogP contribution in [0.25, 0.3) is 11.0 Å². The van der Waals surface area contributed by atoms with E-state index >= 15 is 0 Å². The molecular weight excluding hydrogens is 388 g/mol. The van der Waals surface area contributed by atoms with E-state index in [0.29, 0.717) is 18.0 Å². The predicted octanol–water partition coefficient (Wildman–Crippen LogP) is 5.22. The Labute approximate surface area is 184 Å². The number of hydrogen-bond donors (Lipinski definition) is 1. The van der Waals surface area contributed by atoms with Crippen molar-refractivity contribution in [1.29, 1.82) is 0 Å². The molecule has 1 amide bonds. The molecule has 5 nitrogen and oxygen atoms in total. The first kappa shape index (κ1) is 22.8. The molecular formula is C26H32N2O3. The first-order valence-electron chi connectivity index (χ1n) is 10.7. The van der Waals surface area contributed by atoms with Crippen LogP contribution in [0.1, 0.15) is 53.1 Å². The van der Waals surface area contributed by atoms with Crippen molar-refractivity contribution in [2.75, 3.05) is 18.9 Å². The van der Waals surface area contributed by atoms with Gasteiger partial charge in [-0.25, -0.2) is 4.79 Å². The molecule has 0 unspecified atom stereocenters. The fourth-order valence-corrected chi connectivity index (χ4v) is 4.29. The van der Waals surface area contributed by atoms with Crippen LogP contribution >= 0.6 is 0 Å². The molecule has 1 aromatic heterocycles. The SMILES string of the molecule is Cc1cc(C)c(NC(=O)CN(C)Cc2cc(=O)oc3cc(C)c(C(C)C)cc23)c(C)c1. The minimum Gasteiger partial charge on any atom is -0.423 e. The van der Waals surface area contributed by atoms with Crippen LogP contribution in [0.15, 0.2) is 39.5 Å². The van der Waals surface area contributed by atoms with Gasteiger partial charge < -0.3 is 9.73 Å². The lowest BCUT2D eigenvalue weighted by Crippen LogP contribution is -2.30. The quantitative estimate of drug-likeness (QED) is 0.555. The number of hydrogen-bond acceptors (Lipinski definition) is 4. The van der Waals surface area contributed by atoms with Gasteiger partial charge in [-0.2, -0.15) is 0 Å². The van der Waals surface area contributed by atoms with Gasteiger partial charge in [-0.05, 0) is 80.6 Å². The molecule has 0 aliphatic heterocycles. The van der Waals surface area contributed by atoms with Gasteiger partial charge in [-0.15, -0.1) is 0 Å². The van der Waals surface area contributed by atoms with E-state index in [1.165, 1.54) is 17.2 Å². The number of anilines is 1. The summed E-state index contributed by atoms with van der Waals surface area (Å²) in [6, 6.07) is 9.71. The predicted molar refractivity (Wildman–Crippen MR) is 127 cm³/mol. The molecule has 0 aliphatic rings. The second-order valence-corrected chi connectivity index (χ2v) is 8.94. The van der Waals surface area contributed by atoms with Gasteiger partial charge in [0, 0.05) is 23.7 Å². The summed E-state index contributed by atoms with van der Waals surface area (Å²) in [4.78, 5) is 26.7. The Bertz CT molecular complexity index is 1170. The van der Waals surface area contributed by atoms with Crippen molar-refractivity contribution >= 4 is 22.6 Å². The Hall–Kier alpha value is -2.92. The van der Waals surface area contributed by atoms with E-state index < -0.39 is 0 Å². The van der Waals surface area contributed by atoms with Gasteiger partial charge in [-0.1, -0.05) is 31.5 Å². The lowest BCUT2D eigenvalue weighted by atomic mass is 9.95. The summed E-state index contributed by atoms with van der Waals surface area (Å²) in [6.07, 6.45) is 0. The zero-order valence-electron chi connectivity index (χ0n) is 19.6. The van der Waals surface area contributed by atoms with E-state index in [1.807, 2.05) is 45.7 Å². The number of benzene rings is 2. The summed E-state index contributed by atoms with van der Waals surface area (Å²) < 4.78 is 5.44. The lowest BCUT2D eigenvalue weighted by Gasteiger charge is -2.19. The monoisotopic (exact) mass is 420 g/mol. The molecule has 0 spiro atoms. The summed E-state index contributed by atoms with van der Waals surface area (Å²) in [5, 5.41) is 3.96. The third-order valence-electron chi connectivity index (χ3n) is 5.63. The highest BCUT2D eigenvalue weighted by Crippen LogP contribution is 2.27. The average molecular weight is 421 g/mol. The standard InChI is InChI=1S/C26H32N2O3/c1-15(2)21-12-22-20(11-25(30)31-23(22)10-17(21)4)13-28(7)14-24(29)27-26-18(5)8-16(3)9-19(26)6/h8-12,15H,13-14H2,1-7H3,(H,27,29). The third-order valence-corrected chi connectivity index (χ3v) is 5.63. The molecule has 0 atom stereocenters. The Morgan fingerprint density at radius 1 is 1.00 bits per heavy atom. The molecule has 0 saturated carbocycles. The van der Waals surface area contributed by atoms with E-state index in [1.54, 1.807) is 0 Å². The number of amides is 1. The molecule has 2 aromatic carbocycles. The number of nitrogens with one attached hydrogen (secondary N) is 1. The molecule has 1 heterocycles. The summed E-state index contributed by atoms with van der Waals surface area (Å²) >= 11 is 0. The molecule has 0 radical (unpaired) electrons. The smallest absolute Gasteiger partial charge is 0.336 e. The van der Waals surface area contributed by atoms with Crippen LogP contribution in [0.3, 0.4) is 0 Å². The summed E-state index contributed by atoms with van der Waals surface area (Å²) in [5.74, 6) is 0.289. The van der Waals surface area contributed by atoms with E-state index in [4.69, 9.17) is 4.42 Å². The molecule has 164 valence electrons. The number of rotatable bonds is 6. The first-order chi connectivity index (χ1) is 14.5. The maximum atomic E-state index is 12.7. The zero-order valence-corrected chi connectivity index (χ0v) is 19.6. The largest absolute Gasteiger partial charge is 0.423 e. The molecule has 0 bridgehead atoms. The minimum atomic E-state index is -0.372. The molecule has 31 heavy (non-hydrogen) atoms. The fraction of sp³-hybridized carbons (Fsp3) is 0.385. The van der Waals surface area contributed by atoms with Crippen LogP contribution in [0.5, 0.6) is 0 Å². The van der Waals surface area contributed by atoms with Gasteiger partial charge in [0.25, 0.3) is 0 Å². The molecule has 1 N–H and O–H groups in total. The highest BCUT2D eigenvalue weighted by molar-refractivity contribution is 5.93. The van der Waals surface area contributed by atoms with E-state index in [0.717, 1.165) is 33.3 Å². The van der Waals surface area contributed by atoms with Gasteiger partial charge in [-0.3, -0.25) is 9.69 Å². The number of fused-ring (bicyclic) bond motifs is 1. The molecule has 3 aromatic rings. The van der Waals surface area contributed by atoms with Crippen molar-refractivity contribution < 1.29 is 9.21 Å². The van der Waals surface area contributed by atoms with Crippen LogP contribution in [0.2, 0.25) is 0 Å². The second kappa shape index (κ2) is 9.06. The molecule has 0 saturated heterocycles. The summed E-state index contributed by atoms with van der Waals surface area (Å²) in [7, 11) is 1.88. The van der Waals surface area contributed by atoms with Gasteiger partial charge >= 0.3 is 5.63 Å². The Morgan fingerprint density at radius 3 is 2.26 bits per heavy atom. The van der Waals surface area contributed by atoms with E-state index in [9.17, 15) is 9.59 Å². The second-order valence-electron chi connectivity index (χ2n) is 8.94. The van der Waals surface area contributed by atoms with Gasteiger partial charge in [0.2, 0.25) is 5.91 Å². The lowest BCUT2D eigenvalue weighted by molar-refractivity contribution is -0.117. The van der Waals surface area contributed by atoms with Crippen LogP contribution < -0.4 is 10.9 Å². The number of aryl methyl sites for hydroxylation is 4. The van der Waals surface area contributed by atoms with Crippen LogP contribution in [0.4, 0.5) is 5.69 Å². The third kappa shape index (κ3) is 5.23. The Kier molecular flexibility index (Phi) is 6.65. The highest BCUT2D eigenvalue weighted by Gasteiger charge is 2.15. The number of carbonyl (C=O) groups is 1. The summed E-state index contributed by atoms with van der Waals surface area (Å²) in [5.41, 5.74) is 7.58. The number of likely N-dealkylation sites (N-methyl/N-ethyl adjacent to an activating group) is 1. The first-order valence-corrected chi connectivity index (χ1v) is 10.7. The van der Waals surface area contributed by atoms with Crippen molar-refractivity contribution in [1.82, 2.24) is 4.90 Å². The highest BCUT2D eigenvalue weighted by atomic mass is 16.4. The van der Waals surface area contributed by atoms with Crippen molar-refractivity contribution in [3.05, 3.63) is 74.1 Å². The number of carbonyl (C=O) groups excluding carboxylic acids is 1. The Balaban J connectivity index is 1.81. The Morgan fingerprint density at radius 2 is 1.65 bits per heavy atom. The van der Waals surface area contributed by atoms with Gasteiger partial charge in [0.1, 0.15) is 5.58 Å².